The van der Waals surface area contributed by atoms with Gasteiger partial charge in [-0.3, -0.25) is 9.63 Å². The molecule has 0 N–H and O–H groups in total. The summed E-state index contributed by atoms with van der Waals surface area (Å²) in [5.74, 6) is -0.235. The third-order valence-corrected chi connectivity index (χ3v) is 4.06. The Morgan fingerprint density at radius 1 is 1.42 bits per heavy atom. The highest BCUT2D eigenvalue weighted by Gasteiger charge is 2.39. The lowest BCUT2D eigenvalue weighted by molar-refractivity contribution is -0.128. The predicted octanol–water partition coefficient (Wildman–Crippen LogP) is 3.80. The number of aryl methyl sites for hydroxylation is 1. The number of alkyl halides is 1. The molecule has 1 aromatic carbocycles. The molecule has 19 heavy (non-hydrogen) atoms. The van der Waals surface area contributed by atoms with Gasteiger partial charge in [0.25, 0.3) is 5.91 Å². The largest absolute Gasteiger partial charge is 0.271 e. The van der Waals surface area contributed by atoms with Crippen molar-refractivity contribution in [3.05, 3.63) is 29.8 Å². The van der Waals surface area contributed by atoms with Gasteiger partial charge < -0.3 is 0 Å². The topological polar surface area (TPSA) is 29.5 Å². The fourth-order valence-corrected chi connectivity index (χ4v) is 1.82. The summed E-state index contributed by atoms with van der Waals surface area (Å²) in [6, 6.07) is 7.68. The Hall–Kier alpha value is -1.06. The van der Waals surface area contributed by atoms with E-state index in [1.807, 2.05) is 45.0 Å². The number of anilines is 1. The maximum Gasteiger partial charge on any atom is 0.271 e. The zero-order valence-corrected chi connectivity index (χ0v) is 13.0. The smallest absolute Gasteiger partial charge is 0.270 e. The molecule has 1 atom stereocenters. The Morgan fingerprint density at radius 3 is 2.47 bits per heavy atom. The van der Waals surface area contributed by atoms with Gasteiger partial charge in [-0.25, -0.2) is 0 Å². The molecule has 0 spiro atoms. The third-order valence-electron chi connectivity index (χ3n) is 3.46. The van der Waals surface area contributed by atoms with Crippen LogP contribution in [0.15, 0.2) is 24.3 Å². The molecule has 1 rings (SSSR count). The molecule has 0 radical (unpaired) electrons. The average Bonchev–Trinajstić information content (AvgIpc) is 2.39. The Morgan fingerprint density at radius 2 is 2.00 bits per heavy atom. The molecular formula is C15H22ClNO2. The van der Waals surface area contributed by atoms with Crippen LogP contribution in [-0.2, 0) is 16.1 Å². The number of benzene rings is 1. The van der Waals surface area contributed by atoms with Gasteiger partial charge in [0.05, 0.1) is 12.8 Å². The Labute approximate surface area is 120 Å². The summed E-state index contributed by atoms with van der Waals surface area (Å²) < 4.78 is 0. The van der Waals surface area contributed by atoms with E-state index in [-0.39, 0.29) is 11.8 Å². The van der Waals surface area contributed by atoms with E-state index < -0.39 is 4.87 Å². The molecule has 0 aliphatic heterocycles. The monoisotopic (exact) mass is 283 g/mol. The lowest BCUT2D eigenvalue weighted by atomic mass is 9.95. The molecule has 106 valence electrons. The number of hydroxylamine groups is 1. The van der Waals surface area contributed by atoms with E-state index in [4.69, 9.17) is 16.4 Å². The zero-order chi connectivity index (χ0) is 14.6. The molecule has 1 aromatic rings. The minimum atomic E-state index is -0.989. The summed E-state index contributed by atoms with van der Waals surface area (Å²) in [7, 11) is 1.48. The lowest BCUT2D eigenvalue weighted by Crippen LogP contribution is -2.46. The summed E-state index contributed by atoms with van der Waals surface area (Å²) >= 11 is 6.37. The van der Waals surface area contributed by atoms with Crippen LogP contribution in [0.1, 0.15) is 33.3 Å². The Bertz CT molecular complexity index is 444. The number of hydrogen-bond acceptors (Lipinski definition) is 2. The van der Waals surface area contributed by atoms with Crippen molar-refractivity contribution in [1.82, 2.24) is 0 Å². The molecule has 0 fully saturated rings. The van der Waals surface area contributed by atoms with E-state index in [2.05, 4.69) is 0 Å². The van der Waals surface area contributed by atoms with Gasteiger partial charge in [-0.05, 0) is 30.9 Å². The second-order valence-electron chi connectivity index (χ2n) is 4.99. The Kier molecular flexibility index (Phi) is 5.39. The van der Waals surface area contributed by atoms with Crippen LogP contribution < -0.4 is 5.06 Å². The lowest BCUT2D eigenvalue weighted by Gasteiger charge is -2.31. The second-order valence-corrected chi connectivity index (χ2v) is 5.78. The highest BCUT2D eigenvalue weighted by molar-refractivity contribution is 6.36. The molecule has 4 heteroatoms. The molecule has 0 aromatic heterocycles. The van der Waals surface area contributed by atoms with Gasteiger partial charge >= 0.3 is 0 Å². The maximum absolute atomic E-state index is 12.6. The fourth-order valence-electron chi connectivity index (χ4n) is 1.74. The van der Waals surface area contributed by atoms with Crippen LogP contribution in [0.2, 0.25) is 0 Å². The van der Waals surface area contributed by atoms with Crippen molar-refractivity contribution < 1.29 is 9.63 Å². The summed E-state index contributed by atoms with van der Waals surface area (Å²) in [4.78, 5) is 16.9. The molecule has 3 nitrogen and oxygen atoms in total. The van der Waals surface area contributed by atoms with Crippen LogP contribution >= 0.6 is 11.6 Å². The molecule has 1 amide bonds. The van der Waals surface area contributed by atoms with Crippen molar-refractivity contribution in [2.45, 2.75) is 39.0 Å². The zero-order valence-electron chi connectivity index (χ0n) is 12.2. The van der Waals surface area contributed by atoms with Crippen LogP contribution in [-0.4, -0.2) is 17.9 Å². The summed E-state index contributed by atoms with van der Waals surface area (Å²) in [5, 5.41) is 1.30. The number of para-hydroxylation sites is 1. The molecule has 0 aliphatic carbocycles. The van der Waals surface area contributed by atoms with Crippen LogP contribution in [0.3, 0.4) is 0 Å². The summed E-state index contributed by atoms with van der Waals surface area (Å²) in [6.45, 7) is 7.61. The predicted molar refractivity (Wildman–Crippen MR) is 79.4 cm³/mol. The number of rotatable bonds is 5. The molecule has 1 unspecified atom stereocenters. The molecule has 0 aliphatic rings. The van der Waals surface area contributed by atoms with E-state index in [0.29, 0.717) is 0 Å². The highest BCUT2D eigenvalue weighted by Crippen LogP contribution is 2.31. The van der Waals surface area contributed by atoms with Crippen LogP contribution in [0, 0.1) is 5.92 Å². The van der Waals surface area contributed by atoms with Gasteiger partial charge in [0.15, 0.2) is 0 Å². The van der Waals surface area contributed by atoms with Crippen molar-refractivity contribution in [3.8, 4) is 0 Å². The summed E-state index contributed by atoms with van der Waals surface area (Å²) in [6.07, 6.45) is 0.823. The van der Waals surface area contributed by atoms with E-state index in [1.54, 1.807) is 6.92 Å². The van der Waals surface area contributed by atoms with Gasteiger partial charge in [-0.2, -0.15) is 5.06 Å². The minimum Gasteiger partial charge on any atom is -0.270 e. The van der Waals surface area contributed by atoms with Crippen LogP contribution in [0.4, 0.5) is 5.69 Å². The quantitative estimate of drug-likeness (QED) is 0.608. The number of nitrogens with zero attached hydrogens (tertiary/aromatic N) is 1. The van der Waals surface area contributed by atoms with E-state index >= 15 is 0 Å². The highest BCUT2D eigenvalue weighted by atomic mass is 35.5. The molecule has 0 saturated carbocycles. The number of hydrogen-bond donors (Lipinski definition) is 0. The average molecular weight is 284 g/mol. The first kappa shape index (κ1) is 16.0. The second kappa shape index (κ2) is 6.40. The van der Waals surface area contributed by atoms with Gasteiger partial charge in [0.1, 0.15) is 4.87 Å². The van der Waals surface area contributed by atoms with Gasteiger partial charge in [-0.1, -0.05) is 39.0 Å². The third kappa shape index (κ3) is 3.28. The SMILES string of the molecule is CCc1ccccc1N(OC)C(=O)C(C)(Cl)C(C)C. The molecular weight excluding hydrogens is 262 g/mol. The number of halogens is 1. The van der Waals surface area contributed by atoms with Crippen molar-refractivity contribution in [3.63, 3.8) is 0 Å². The first-order valence-corrected chi connectivity index (χ1v) is 6.89. The summed E-state index contributed by atoms with van der Waals surface area (Å²) in [5.41, 5.74) is 1.80. The van der Waals surface area contributed by atoms with Crippen LogP contribution in [0.25, 0.3) is 0 Å². The van der Waals surface area contributed by atoms with E-state index in [0.717, 1.165) is 17.7 Å². The first-order chi connectivity index (χ1) is 8.86. The number of amides is 1. The molecule has 0 bridgehead atoms. The van der Waals surface area contributed by atoms with Gasteiger partial charge in [-0.15, -0.1) is 11.6 Å². The number of carbonyl (C=O) groups is 1. The minimum absolute atomic E-state index is 0.00751. The van der Waals surface area contributed by atoms with E-state index in [1.165, 1.54) is 12.2 Å². The molecule has 0 saturated heterocycles. The molecule has 0 heterocycles. The van der Waals surface area contributed by atoms with Gasteiger partial charge in [0.2, 0.25) is 0 Å². The Balaban J connectivity index is 3.17. The van der Waals surface area contributed by atoms with E-state index in [9.17, 15) is 4.79 Å². The normalized spacial score (nSPS) is 14.3. The maximum atomic E-state index is 12.6. The standard InChI is InChI=1S/C15H22ClNO2/c1-6-12-9-7-8-10-13(12)17(19-5)14(18)15(4,16)11(2)3/h7-11H,6H2,1-5H3. The fraction of sp³-hybridized carbons (Fsp3) is 0.533. The number of carbonyl (C=O) groups excluding carboxylic acids is 1. The van der Waals surface area contributed by atoms with Crippen molar-refractivity contribution in [2.75, 3.05) is 12.2 Å². The first-order valence-electron chi connectivity index (χ1n) is 6.51. The van der Waals surface area contributed by atoms with Crippen molar-refractivity contribution in [2.24, 2.45) is 5.92 Å². The van der Waals surface area contributed by atoms with Crippen molar-refractivity contribution in [1.29, 1.82) is 0 Å². The van der Waals surface area contributed by atoms with Crippen molar-refractivity contribution >= 4 is 23.2 Å². The van der Waals surface area contributed by atoms with Crippen LogP contribution in [0.5, 0.6) is 0 Å². The van der Waals surface area contributed by atoms with Gasteiger partial charge in [0, 0.05) is 0 Å².